The summed E-state index contributed by atoms with van der Waals surface area (Å²) in [5.74, 6) is 0.905. The molecule has 0 bridgehead atoms. The van der Waals surface area contributed by atoms with Gasteiger partial charge in [0.2, 0.25) is 6.41 Å². The van der Waals surface area contributed by atoms with E-state index in [-0.39, 0.29) is 0 Å². The van der Waals surface area contributed by atoms with E-state index in [1.807, 2.05) is 20.8 Å². The van der Waals surface area contributed by atoms with Gasteiger partial charge in [-0.15, -0.1) is 0 Å². The molecule has 0 atom stereocenters. The molecule has 0 radical (unpaired) electrons. The van der Waals surface area contributed by atoms with Crippen molar-refractivity contribution in [2.24, 2.45) is 0 Å². The Morgan fingerprint density at radius 1 is 1.50 bits per heavy atom. The highest BCUT2D eigenvalue weighted by Gasteiger charge is 2.23. The average molecular weight is 245 g/mol. The Morgan fingerprint density at radius 2 is 2.22 bits per heavy atom. The molecule has 2 rings (SSSR count). The summed E-state index contributed by atoms with van der Waals surface area (Å²) in [5.41, 5.74) is 5.49. The van der Waals surface area contributed by atoms with Gasteiger partial charge < -0.3 is 9.64 Å². The van der Waals surface area contributed by atoms with Gasteiger partial charge in [0.25, 0.3) is 0 Å². The van der Waals surface area contributed by atoms with Gasteiger partial charge in [0.15, 0.2) is 0 Å². The van der Waals surface area contributed by atoms with Gasteiger partial charge in [0.1, 0.15) is 12.4 Å². The minimum atomic E-state index is 0.538. The van der Waals surface area contributed by atoms with Crippen LogP contribution in [-0.2, 0) is 11.2 Å². The van der Waals surface area contributed by atoms with Gasteiger partial charge in [-0.1, -0.05) is 6.58 Å². The highest BCUT2D eigenvalue weighted by atomic mass is 16.5. The second-order valence-corrected chi connectivity index (χ2v) is 4.93. The molecule has 1 aromatic rings. The maximum Gasteiger partial charge on any atom is 0.214 e. The molecule has 3 heteroatoms. The lowest BCUT2D eigenvalue weighted by molar-refractivity contribution is -0.107. The Balaban J connectivity index is 2.39. The number of carbonyl (C=O) groups excluding carboxylic acids is 1. The van der Waals surface area contributed by atoms with Crippen LogP contribution in [0.1, 0.15) is 23.6 Å². The van der Waals surface area contributed by atoms with Crippen molar-refractivity contribution in [3.63, 3.8) is 0 Å². The highest BCUT2D eigenvalue weighted by Crippen LogP contribution is 2.37. The topological polar surface area (TPSA) is 29.5 Å². The number of anilines is 1. The Morgan fingerprint density at radius 3 is 2.83 bits per heavy atom. The van der Waals surface area contributed by atoms with Crippen LogP contribution in [0, 0.1) is 13.8 Å². The van der Waals surface area contributed by atoms with Crippen LogP contribution in [0.5, 0.6) is 5.75 Å². The first kappa shape index (κ1) is 12.7. The number of hydrogen-bond donors (Lipinski definition) is 0. The first-order valence-corrected chi connectivity index (χ1v) is 6.16. The number of rotatable bonds is 4. The number of fused-ring (bicyclic) bond motifs is 1. The van der Waals surface area contributed by atoms with Crippen LogP contribution in [-0.4, -0.2) is 19.6 Å². The van der Waals surface area contributed by atoms with Gasteiger partial charge in [0, 0.05) is 6.54 Å². The van der Waals surface area contributed by atoms with E-state index in [1.54, 1.807) is 4.90 Å². The third kappa shape index (κ3) is 2.13. The van der Waals surface area contributed by atoms with Crippen LogP contribution in [0.3, 0.4) is 0 Å². The normalized spacial score (nSPS) is 13.4. The van der Waals surface area contributed by atoms with Crippen molar-refractivity contribution < 1.29 is 9.53 Å². The van der Waals surface area contributed by atoms with Crippen molar-refractivity contribution in [2.45, 2.75) is 27.2 Å². The lowest BCUT2D eigenvalue weighted by atomic mass is 10.0. The van der Waals surface area contributed by atoms with E-state index < -0.39 is 0 Å². The molecule has 0 aromatic heterocycles. The molecule has 1 aliphatic heterocycles. The van der Waals surface area contributed by atoms with Crippen LogP contribution < -0.4 is 9.64 Å². The molecule has 1 heterocycles. The standard InChI is InChI=1S/C15H19NO2/c1-10(2)8-18-14-7-13-5-6-16(9-17)15(13)12(4)11(14)3/h7,9H,1,5-6,8H2,2-4H3. The monoisotopic (exact) mass is 245 g/mol. The molecule has 0 fully saturated rings. The zero-order chi connectivity index (χ0) is 13.3. The van der Waals surface area contributed by atoms with Crippen molar-refractivity contribution in [3.8, 4) is 5.75 Å². The highest BCUT2D eigenvalue weighted by molar-refractivity contribution is 5.83. The predicted octanol–water partition coefficient (Wildman–Crippen LogP) is 2.78. The van der Waals surface area contributed by atoms with E-state index in [1.165, 1.54) is 5.56 Å². The number of carbonyl (C=O) groups is 1. The van der Waals surface area contributed by atoms with Crippen LogP contribution in [0.25, 0.3) is 0 Å². The van der Waals surface area contributed by atoms with Crippen molar-refractivity contribution in [2.75, 3.05) is 18.1 Å². The third-order valence-electron chi connectivity index (χ3n) is 3.41. The molecule has 0 N–H and O–H groups in total. The van der Waals surface area contributed by atoms with Gasteiger partial charge in [-0.3, -0.25) is 4.79 Å². The summed E-state index contributed by atoms with van der Waals surface area (Å²) in [5, 5.41) is 0. The zero-order valence-electron chi connectivity index (χ0n) is 11.2. The van der Waals surface area contributed by atoms with Crippen LogP contribution in [0.15, 0.2) is 18.2 Å². The van der Waals surface area contributed by atoms with Gasteiger partial charge in [-0.2, -0.15) is 0 Å². The van der Waals surface area contributed by atoms with Crippen molar-refractivity contribution >= 4 is 12.1 Å². The van der Waals surface area contributed by atoms with E-state index in [4.69, 9.17) is 4.74 Å². The first-order valence-electron chi connectivity index (χ1n) is 6.16. The lowest BCUT2D eigenvalue weighted by Gasteiger charge is -2.18. The molecule has 1 aromatic carbocycles. The fourth-order valence-corrected chi connectivity index (χ4v) is 2.34. The molecule has 1 amide bonds. The smallest absolute Gasteiger partial charge is 0.214 e. The van der Waals surface area contributed by atoms with E-state index in [0.29, 0.717) is 6.61 Å². The number of amides is 1. The van der Waals surface area contributed by atoms with Crippen molar-refractivity contribution in [1.29, 1.82) is 0 Å². The summed E-state index contributed by atoms with van der Waals surface area (Å²) in [6.45, 7) is 11.2. The second kappa shape index (κ2) is 4.84. The second-order valence-electron chi connectivity index (χ2n) is 4.93. The number of hydrogen-bond acceptors (Lipinski definition) is 2. The Bertz CT molecular complexity index is 506. The molecule has 0 saturated heterocycles. The number of ether oxygens (including phenoxy) is 1. The molecule has 0 spiro atoms. The molecular weight excluding hydrogens is 226 g/mol. The minimum absolute atomic E-state index is 0.538. The van der Waals surface area contributed by atoms with E-state index >= 15 is 0 Å². The molecule has 0 unspecified atom stereocenters. The molecule has 1 aliphatic rings. The summed E-state index contributed by atoms with van der Waals surface area (Å²) in [7, 11) is 0. The summed E-state index contributed by atoms with van der Waals surface area (Å²) in [4.78, 5) is 12.8. The molecule has 0 saturated carbocycles. The molecular formula is C15H19NO2. The van der Waals surface area contributed by atoms with Crippen molar-refractivity contribution in [3.05, 3.63) is 34.9 Å². The maximum absolute atomic E-state index is 11.0. The van der Waals surface area contributed by atoms with Gasteiger partial charge in [-0.25, -0.2) is 0 Å². The lowest BCUT2D eigenvalue weighted by Crippen LogP contribution is -2.18. The molecule has 18 heavy (non-hydrogen) atoms. The van der Waals surface area contributed by atoms with E-state index in [0.717, 1.165) is 47.5 Å². The summed E-state index contributed by atoms with van der Waals surface area (Å²) < 4.78 is 5.77. The van der Waals surface area contributed by atoms with E-state index in [2.05, 4.69) is 12.6 Å². The maximum atomic E-state index is 11.0. The molecule has 0 aliphatic carbocycles. The minimum Gasteiger partial charge on any atom is -0.489 e. The average Bonchev–Trinajstić information content (AvgIpc) is 2.74. The third-order valence-corrected chi connectivity index (χ3v) is 3.41. The van der Waals surface area contributed by atoms with E-state index in [9.17, 15) is 4.79 Å². The summed E-state index contributed by atoms with van der Waals surface area (Å²) >= 11 is 0. The summed E-state index contributed by atoms with van der Waals surface area (Å²) in [6.07, 6.45) is 1.81. The SMILES string of the molecule is C=C(C)COc1cc2c(c(C)c1C)N(C=O)CC2. The van der Waals surface area contributed by atoms with Crippen LogP contribution >= 0.6 is 0 Å². The largest absolute Gasteiger partial charge is 0.489 e. The first-order chi connectivity index (χ1) is 8.54. The Kier molecular flexibility index (Phi) is 3.41. The number of benzene rings is 1. The predicted molar refractivity (Wildman–Crippen MR) is 73.3 cm³/mol. The quantitative estimate of drug-likeness (QED) is 0.603. The van der Waals surface area contributed by atoms with Gasteiger partial charge in [-0.05, 0) is 55.5 Å². The zero-order valence-corrected chi connectivity index (χ0v) is 11.2. The fraction of sp³-hybridized carbons (Fsp3) is 0.400. The van der Waals surface area contributed by atoms with Crippen molar-refractivity contribution in [1.82, 2.24) is 0 Å². The fourth-order valence-electron chi connectivity index (χ4n) is 2.34. The summed E-state index contributed by atoms with van der Waals surface area (Å²) in [6, 6.07) is 2.06. The van der Waals surface area contributed by atoms with Crippen LogP contribution in [0.2, 0.25) is 0 Å². The van der Waals surface area contributed by atoms with Crippen LogP contribution in [0.4, 0.5) is 5.69 Å². The van der Waals surface area contributed by atoms with Gasteiger partial charge >= 0.3 is 0 Å². The Hall–Kier alpha value is -1.77. The van der Waals surface area contributed by atoms with Gasteiger partial charge in [0.05, 0.1) is 5.69 Å². The Labute approximate surface area is 108 Å². The molecule has 96 valence electrons. The molecule has 3 nitrogen and oxygen atoms in total. The number of nitrogens with zero attached hydrogens (tertiary/aromatic N) is 1.